The van der Waals surface area contributed by atoms with Gasteiger partial charge in [-0.15, -0.1) is 0 Å². The van der Waals surface area contributed by atoms with Crippen molar-refractivity contribution in [2.75, 3.05) is 7.11 Å². The van der Waals surface area contributed by atoms with Gasteiger partial charge in [-0.1, -0.05) is 40.0 Å². The predicted molar refractivity (Wildman–Crippen MR) is 54.5 cm³/mol. The predicted octanol–water partition coefficient (Wildman–Crippen LogP) is 3.01. The fourth-order valence-electron chi connectivity index (χ4n) is 1.49. The van der Waals surface area contributed by atoms with E-state index in [1.165, 1.54) is 20.0 Å². The van der Waals surface area contributed by atoms with Crippen LogP contribution in [-0.2, 0) is 9.53 Å². The van der Waals surface area contributed by atoms with Crippen molar-refractivity contribution in [3.05, 3.63) is 0 Å². The quantitative estimate of drug-likeness (QED) is 0.471. The Kier molecular flexibility index (Phi) is 6.65. The van der Waals surface area contributed by atoms with Crippen LogP contribution in [0.4, 0.5) is 0 Å². The van der Waals surface area contributed by atoms with Gasteiger partial charge >= 0.3 is 5.97 Å². The first kappa shape index (κ1) is 12.5. The Bertz CT molecular complexity index is 141. The van der Waals surface area contributed by atoms with Crippen LogP contribution in [0.3, 0.4) is 0 Å². The summed E-state index contributed by atoms with van der Waals surface area (Å²) >= 11 is 0. The highest BCUT2D eigenvalue weighted by Crippen LogP contribution is 2.19. The summed E-state index contributed by atoms with van der Waals surface area (Å²) in [7, 11) is 1.47. The minimum Gasteiger partial charge on any atom is -0.469 e. The molecule has 0 aromatic carbocycles. The fraction of sp³-hybridized carbons (Fsp3) is 0.909. The molecule has 0 aromatic rings. The summed E-state index contributed by atoms with van der Waals surface area (Å²) in [5, 5.41) is 0. The lowest BCUT2D eigenvalue weighted by Gasteiger charge is -2.17. The molecule has 0 spiro atoms. The first-order valence-corrected chi connectivity index (χ1v) is 5.21. The Labute approximate surface area is 81.7 Å². The Morgan fingerprint density at radius 1 is 1.31 bits per heavy atom. The van der Waals surface area contributed by atoms with Gasteiger partial charge in [0.1, 0.15) is 0 Å². The van der Waals surface area contributed by atoms with Crippen LogP contribution < -0.4 is 0 Å². The Hall–Kier alpha value is -0.530. The molecule has 0 saturated heterocycles. The summed E-state index contributed by atoms with van der Waals surface area (Å²) < 4.78 is 4.77. The zero-order valence-electron chi connectivity index (χ0n) is 9.30. The third-order valence-corrected chi connectivity index (χ3v) is 2.43. The SMILES string of the molecule is CCCCCC(C(=O)OC)C(C)C. The van der Waals surface area contributed by atoms with Crippen molar-refractivity contribution in [1.29, 1.82) is 0 Å². The van der Waals surface area contributed by atoms with Crippen molar-refractivity contribution < 1.29 is 9.53 Å². The lowest BCUT2D eigenvalue weighted by Crippen LogP contribution is -2.21. The van der Waals surface area contributed by atoms with E-state index >= 15 is 0 Å². The third kappa shape index (κ3) is 4.91. The maximum atomic E-state index is 11.3. The van der Waals surface area contributed by atoms with E-state index in [0.29, 0.717) is 5.92 Å². The number of esters is 1. The van der Waals surface area contributed by atoms with Crippen LogP contribution in [0.5, 0.6) is 0 Å². The number of ether oxygens (including phenoxy) is 1. The third-order valence-electron chi connectivity index (χ3n) is 2.43. The molecule has 2 heteroatoms. The molecule has 1 atom stereocenters. The van der Waals surface area contributed by atoms with Crippen LogP contribution in [0.25, 0.3) is 0 Å². The first-order valence-electron chi connectivity index (χ1n) is 5.21. The number of carbonyl (C=O) groups excluding carboxylic acids is 1. The van der Waals surface area contributed by atoms with E-state index in [1.807, 2.05) is 0 Å². The highest BCUT2D eigenvalue weighted by atomic mass is 16.5. The van der Waals surface area contributed by atoms with Gasteiger partial charge < -0.3 is 4.74 Å². The van der Waals surface area contributed by atoms with E-state index < -0.39 is 0 Å². The zero-order valence-corrected chi connectivity index (χ0v) is 9.30. The van der Waals surface area contributed by atoms with Crippen molar-refractivity contribution in [1.82, 2.24) is 0 Å². The molecule has 2 nitrogen and oxygen atoms in total. The summed E-state index contributed by atoms with van der Waals surface area (Å²) in [5.74, 6) is 0.437. The van der Waals surface area contributed by atoms with E-state index in [-0.39, 0.29) is 11.9 Å². The highest BCUT2D eigenvalue weighted by Gasteiger charge is 2.21. The van der Waals surface area contributed by atoms with Crippen LogP contribution in [-0.4, -0.2) is 13.1 Å². The molecule has 0 amide bonds. The molecule has 78 valence electrons. The lowest BCUT2D eigenvalue weighted by atomic mass is 9.90. The number of unbranched alkanes of at least 4 members (excludes halogenated alkanes) is 2. The molecule has 0 N–H and O–H groups in total. The molecule has 0 aliphatic carbocycles. The number of methoxy groups -OCH3 is 1. The molecule has 0 fully saturated rings. The van der Waals surface area contributed by atoms with Crippen LogP contribution in [0.15, 0.2) is 0 Å². The molecule has 0 saturated carbocycles. The molecule has 1 unspecified atom stereocenters. The number of rotatable bonds is 6. The molecule has 0 radical (unpaired) electrons. The Balaban J connectivity index is 3.88. The summed E-state index contributed by atoms with van der Waals surface area (Å²) in [4.78, 5) is 11.3. The van der Waals surface area contributed by atoms with Crippen molar-refractivity contribution in [3.63, 3.8) is 0 Å². The second-order valence-electron chi connectivity index (χ2n) is 3.87. The summed E-state index contributed by atoms with van der Waals surface area (Å²) in [6, 6.07) is 0. The van der Waals surface area contributed by atoms with Crippen LogP contribution in [0.1, 0.15) is 46.5 Å². The largest absolute Gasteiger partial charge is 0.469 e. The molecule has 0 aliphatic heterocycles. The van der Waals surface area contributed by atoms with Crippen molar-refractivity contribution >= 4 is 5.97 Å². The minimum atomic E-state index is -0.0499. The molecule has 0 aliphatic rings. The topological polar surface area (TPSA) is 26.3 Å². The Morgan fingerprint density at radius 3 is 2.31 bits per heavy atom. The summed E-state index contributed by atoms with van der Waals surface area (Å²) in [6.07, 6.45) is 4.51. The van der Waals surface area contributed by atoms with Gasteiger partial charge in [0.2, 0.25) is 0 Å². The first-order chi connectivity index (χ1) is 6.13. The van der Waals surface area contributed by atoms with Gasteiger partial charge in [-0.25, -0.2) is 0 Å². The maximum absolute atomic E-state index is 11.3. The van der Waals surface area contributed by atoms with E-state index in [2.05, 4.69) is 20.8 Å². The van der Waals surface area contributed by atoms with E-state index in [4.69, 9.17) is 4.74 Å². The van der Waals surface area contributed by atoms with Gasteiger partial charge in [-0.05, 0) is 12.3 Å². The smallest absolute Gasteiger partial charge is 0.308 e. The molecule has 0 bridgehead atoms. The average molecular weight is 186 g/mol. The molecule has 0 rings (SSSR count). The molecule has 0 heterocycles. The molecular formula is C11H22O2. The van der Waals surface area contributed by atoms with Crippen LogP contribution in [0.2, 0.25) is 0 Å². The molecular weight excluding hydrogens is 164 g/mol. The normalized spacial score (nSPS) is 13.0. The number of carbonyl (C=O) groups is 1. The highest BCUT2D eigenvalue weighted by molar-refractivity contribution is 5.72. The van der Waals surface area contributed by atoms with Gasteiger partial charge in [0.05, 0.1) is 13.0 Å². The van der Waals surface area contributed by atoms with Gasteiger partial charge in [-0.3, -0.25) is 4.79 Å². The number of hydrogen-bond donors (Lipinski definition) is 0. The monoisotopic (exact) mass is 186 g/mol. The standard InChI is InChI=1S/C11H22O2/c1-5-6-7-8-10(9(2)3)11(12)13-4/h9-10H,5-8H2,1-4H3. The number of hydrogen-bond acceptors (Lipinski definition) is 2. The minimum absolute atomic E-state index is 0.0499. The van der Waals surface area contributed by atoms with E-state index in [0.717, 1.165) is 12.8 Å². The van der Waals surface area contributed by atoms with Gasteiger partial charge in [0, 0.05) is 0 Å². The lowest BCUT2D eigenvalue weighted by molar-refractivity contribution is -0.147. The van der Waals surface area contributed by atoms with Crippen molar-refractivity contribution in [2.24, 2.45) is 11.8 Å². The molecule has 0 aromatic heterocycles. The van der Waals surface area contributed by atoms with Gasteiger partial charge in [0.25, 0.3) is 0 Å². The van der Waals surface area contributed by atoms with Crippen molar-refractivity contribution in [2.45, 2.75) is 46.5 Å². The van der Waals surface area contributed by atoms with Gasteiger partial charge in [-0.2, -0.15) is 0 Å². The second-order valence-corrected chi connectivity index (χ2v) is 3.87. The van der Waals surface area contributed by atoms with E-state index in [9.17, 15) is 4.79 Å². The van der Waals surface area contributed by atoms with Crippen LogP contribution >= 0.6 is 0 Å². The van der Waals surface area contributed by atoms with E-state index in [1.54, 1.807) is 0 Å². The average Bonchev–Trinajstić information content (AvgIpc) is 2.11. The molecule has 13 heavy (non-hydrogen) atoms. The Morgan fingerprint density at radius 2 is 1.92 bits per heavy atom. The fourth-order valence-corrected chi connectivity index (χ4v) is 1.49. The summed E-state index contributed by atoms with van der Waals surface area (Å²) in [5.41, 5.74) is 0. The summed E-state index contributed by atoms with van der Waals surface area (Å²) in [6.45, 7) is 6.32. The van der Waals surface area contributed by atoms with Crippen LogP contribution in [0, 0.1) is 11.8 Å². The second kappa shape index (κ2) is 6.93. The maximum Gasteiger partial charge on any atom is 0.308 e. The van der Waals surface area contributed by atoms with Crippen molar-refractivity contribution in [3.8, 4) is 0 Å². The van der Waals surface area contributed by atoms with Gasteiger partial charge in [0.15, 0.2) is 0 Å². The zero-order chi connectivity index (χ0) is 10.3.